The van der Waals surface area contributed by atoms with Gasteiger partial charge in [0, 0.05) is 64.6 Å². The highest BCUT2D eigenvalue weighted by molar-refractivity contribution is 5.92. The standard InChI is InChI=1S/C23H33N5O3/c1-2-20(29)16-25-8-10-26(11-9-25)17-22-24-21(18-31-22)23(30)28-14-12-27(13-15-28)19-6-4-3-5-7-19/h3-7,18,20,29H,2,8-17H2,1H3/t20-/m0/s1. The molecule has 0 spiro atoms. The van der Waals surface area contributed by atoms with Crippen LogP contribution < -0.4 is 4.90 Å². The zero-order valence-electron chi connectivity index (χ0n) is 18.3. The third-order valence-corrected chi connectivity index (χ3v) is 6.22. The number of hydrogen-bond donors (Lipinski definition) is 1. The molecule has 2 aliphatic rings. The van der Waals surface area contributed by atoms with Crippen LogP contribution in [-0.2, 0) is 6.54 Å². The van der Waals surface area contributed by atoms with Gasteiger partial charge in [0.15, 0.2) is 5.69 Å². The number of carbonyl (C=O) groups is 1. The molecule has 1 N–H and O–H groups in total. The molecule has 4 rings (SSSR count). The Morgan fingerprint density at radius 3 is 2.39 bits per heavy atom. The summed E-state index contributed by atoms with van der Waals surface area (Å²) in [6.07, 6.45) is 2.03. The zero-order valence-corrected chi connectivity index (χ0v) is 18.3. The monoisotopic (exact) mass is 427 g/mol. The van der Waals surface area contributed by atoms with Crippen LogP contribution in [0.5, 0.6) is 0 Å². The van der Waals surface area contributed by atoms with Gasteiger partial charge in [-0.2, -0.15) is 0 Å². The highest BCUT2D eigenvalue weighted by Crippen LogP contribution is 2.17. The molecule has 3 heterocycles. The van der Waals surface area contributed by atoms with Crippen molar-refractivity contribution in [1.82, 2.24) is 19.7 Å². The molecule has 0 bridgehead atoms. The first-order valence-corrected chi connectivity index (χ1v) is 11.3. The van der Waals surface area contributed by atoms with Gasteiger partial charge in [-0.25, -0.2) is 4.98 Å². The van der Waals surface area contributed by atoms with Crippen LogP contribution >= 0.6 is 0 Å². The summed E-state index contributed by atoms with van der Waals surface area (Å²) >= 11 is 0. The van der Waals surface area contributed by atoms with Crippen LogP contribution in [0.3, 0.4) is 0 Å². The highest BCUT2D eigenvalue weighted by Gasteiger charge is 2.25. The summed E-state index contributed by atoms with van der Waals surface area (Å²) < 4.78 is 5.61. The second-order valence-electron chi connectivity index (χ2n) is 8.38. The highest BCUT2D eigenvalue weighted by atomic mass is 16.3. The molecule has 0 saturated carbocycles. The van der Waals surface area contributed by atoms with Gasteiger partial charge in [0.1, 0.15) is 6.26 Å². The Morgan fingerprint density at radius 2 is 1.71 bits per heavy atom. The Bertz CT molecular complexity index is 827. The quantitative estimate of drug-likeness (QED) is 0.718. The van der Waals surface area contributed by atoms with Crippen LogP contribution in [0.2, 0.25) is 0 Å². The lowest BCUT2D eigenvalue weighted by Gasteiger charge is -2.35. The van der Waals surface area contributed by atoms with Crippen LogP contribution in [0.15, 0.2) is 41.0 Å². The molecule has 0 radical (unpaired) electrons. The topological polar surface area (TPSA) is 76.3 Å². The Hall–Kier alpha value is -2.42. The van der Waals surface area contributed by atoms with E-state index in [1.807, 2.05) is 30.0 Å². The largest absolute Gasteiger partial charge is 0.447 e. The molecular weight excluding hydrogens is 394 g/mol. The van der Waals surface area contributed by atoms with Gasteiger partial charge in [-0.3, -0.25) is 14.6 Å². The van der Waals surface area contributed by atoms with Crippen molar-refractivity contribution in [3.63, 3.8) is 0 Å². The molecule has 2 aliphatic heterocycles. The van der Waals surface area contributed by atoms with Crippen LogP contribution in [0.4, 0.5) is 5.69 Å². The molecule has 2 saturated heterocycles. The van der Waals surface area contributed by atoms with Gasteiger partial charge in [0.2, 0.25) is 5.89 Å². The molecule has 1 aromatic carbocycles. The van der Waals surface area contributed by atoms with Gasteiger partial charge in [0.25, 0.3) is 5.91 Å². The number of benzene rings is 1. The van der Waals surface area contributed by atoms with Crippen LogP contribution in [0, 0.1) is 0 Å². The summed E-state index contributed by atoms with van der Waals surface area (Å²) in [5.74, 6) is 0.536. The van der Waals surface area contributed by atoms with Gasteiger partial charge in [-0.15, -0.1) is 0 Å². The number of nitrogens with zero attached hydrogens (tertiary/aromatic N) is 5. The van der Waals surface area contributed by atoms with Crippen molar-refractivity contribution < 1.29 is 14.3 Å². The van der Waals surface area contributed by atoms with E-state index >= 15 is 0 Å². The van der Waals surface area contributed by atoms with Crippen molar-refractivity contribution >= 4 is 11.6 Å². The van der Waals surface area contributed by atoms with Crippen LogP contribution in [0.1, 0.15) is 29.7 Å². The number of anilines is 1. The first kappa shape index (κ1) is 21.8. The van der Waals surface area contributed by atoms with Crippen molar-refractivity contribution in [2.45, 2.75) is 26.0 Å². The van der Waals surface area contributed by atoms with Gasteiger partial charge in [-0.05, 0) is 18.6 Å². The molecule has 31 heavy (non-hydrogen) atoms. The number of aliphatic hydroxyl groups is 1. The minimum atomic E-state index is -0.249. The lowest BCUT2D eigenvalue weighted by molar-refractivity contribution is 0.0658. The summed E-state index contributed by atoms with van der Waals surface area (Å²) in [5.41, 5.74) is 1.59. The average molecular weight is 428 g/mol. The molecule has 0 aliphatic carbocycles. The van der Waals surface area contributed by atoms with E-state index in [1.165, 1.54) is 12.0 Å². The molecular formula is C23H33N5O3. The number of rotatable bonds is 7. The molecule has 2 fully saturated rings. The van der Waals surface area contributed by atoms with Crippen LogP contribution in [-0.4, -0.2) is 95.7 Å². The summed E-state index contributed by atoms with van der Waals surface area (Å²) in [5, 5.41) is 9.83. The smallest absolute Gasteiger partial charge is 0.275 e. The second-order valence-corrected chi connectivity index (χ2v) is 8.38. The molecule has 8 heteroatoms. The number of amides is 1. The molecule has 1 aromatic heterocycles. The Kier molecular flexibility index (Phi) is 7.21. The maximum Gasteiger partial charge on any atom is 0.275 e. The third-order valence-electron chi connectivity index (χ3n) is 6.22. The fourth-order valence-electron chi connectivity index (χ4n) is 4.20. The van der Waals surface area contributed by atoms with E-state index in [4.69, 9.17) is 4.42 Å². The molecule has 1 amide bonds. The van der Waals surface area contributed by atoms with Crippen molar-refractivity contribution in [2.75, 3.05) is 63.8 Å². The normalized spacial score (nSPS) is 19.5. The molecule has 1 atom stereocenters. The van der Waals surface area contributed by atoms with Crippen molar-refractivity contribution in [3.05, 3.63) is 48.2 Å². The Balaban J connectivity index is 1.24. The summed E-state index contributed by atoms with van der Waals surface area (Å²) in [6, 6.07) is 10.3. The number of oxazole rings is 1. The second kappa shape index (κ2) is 10.3. The van der Waals surface area contributed by atoms with Crippen molar-refractivity contribution in [1.29, 1.82) is 0 Å². The Morgan fingerprint density at radius 1 is 1.03 bits per heavy atom. The minimum absolute atomic E-state index is 0.0546. The SMILES string of the molecule is CC[C@H](O)CN1CCN(Cc2nc(C(=O)N3CCN(c4ccccc4)CC3)co2)CC1. The third kappa shape index (κ3) is 5.64. The minimum Gasteiger partial charge on any atom is -0.447 e. The van der Waals surface area contributed by atoms with E-state index < -0.39 is 0 Å². The number of hydrogen-bond acceptors (Lipinski definition) is 7. The van der Waals surface area contributed by atoms with E-state index in [-0.39, 0.29) is 12.0 Å². The molecule has 0 unspecified atom stereocenters. The Labute approximate surface area is 184 Å². The van der Waals surface area contributed by atoms with E-state index in [1.54, 1.807) is 0 Å². The number of para-hydroxylation sites is 1. The maximum absolute atomic E-state index is 12.9. The van der Waals surface area contributed by atoms with E-state index in [0.717, 1.165) is 52.2 Å². The van der Waals surface area contributed by atoms with Crippen molar-refractivity contribution in [3.8, 4) is 0 Å². The van der Waals surface area contributed by atoms with E-state index in [2.05, 4.69) is 31.8 Å². The molecule has 8 nitrogen and oxygen atoms in total. The molecule has 2 aromatic rings. The first-order chi connectivity index (χ1) is 15.1. The average Bonchev–Trinajstić information content (AvgIpc) is 3.29. The van der Waals surface area contributed by atoms with Crippen molar-refractivity contribution in [2.24, 2.45) is 0 Å². The van der Waals surface area contributed by atoms with Gasteiger partial charge in [0.05, 0.1) is 12.6 Å². The fraction of sp³-hybridized carbons (Fsp3) is 0.565. The van der Waals surface area contributed by atoms with E-state index in [0.29, 0.717) is 31.2 Å². The summed E-state index contributed by atoms with van der Waals surface area (Å²) in [6.45, 7) is 10.0. The van der Waals surface area contributed by atoms with Gasteiger partial charge >= 0.3 is 0 Å². The number of aromatic nitrogens is 1. The number of β-amino-alcohol motifs (C(OH)–C–C–N with tert-alkyl or cyclic N) is 1. The predicted octanol–water partition coefficient (Wildman–Crippen LogP) is 1.53. The summed E-state index contributed by atoms with van der Waals surface area (Å²) in [7, 11) is 0. The lowest BCUT2D eigenvalue weighted by Crippen LogP contribution is -2.49. The lowest BCUT2D eigenvalue weighted by atomic mass is 10.2. The van der Waals surface area contributed by atoms with Gasteiger partial charge in [-0.1, -0.05) is 25.1 Å². The summed E-state index contributed by atoms with van der Waals surface area (Å²) in [4.78, 5) is 26.1. The fourth-order valence-corrected chi connectivity index (χ4v) is 4.20. The number of piperazine rings is 2. The number of carbonyl (C=O) groups excluding carboxylic acids is 1. The van der Waals surface area contributed by atoms with E-state index in [9.17, 15) is 9.90 Å². The number of aliphatic hydroxyl groups excluding tert-OH is 1. The zero-order chi connectivity index (χ0) is 21.6. The maximum atomic E-state index is 12.9. The first-order valence-electron chi connectivity index (χ1n) is 11.3. The van der Waals surface area contributed by atoms with Gasteiger partial charge < -0.3 is 19.3 Å². The van der Waals surface area contributed by atoms with Crippen LogP contribution in [0.25, 0.3) is 0 Å². The predicted molar refractivity (Wildman–Crippen MR) is 119 cm³/mol. The molecule has 168 valence electrons.